The fraction of sp³-hybridized carbons (Fsp3) is 0.733. The number of hydrogen-bond acceptors (Lipinski definition) is 6. The molecule has 1 aliphatic heterocycles. The van der Waals surface area contributed by atoms with E-state index in [0.717, 1.165) is 12.8 Å². The van der Waals surface area contributed by atoms with E-state index in [2.05, 4.69) is 5.32 Å². The van der Waals surface area contributed by atoms with Crippen molar-refractivity contribution in [2.75, 3.05) is 19.7 Å². The van der Waals surface area contributed by atoms with E-state index in [-0.39, 0.29) is 31.6 Å². The average Bonchev–Trinajstić information content (AvgIpc) is 2.49. The van der Waals surface area contributed by atoms with Crippen LogP contribution in [0, 0.1) is 0 Å². The third kappa shape index (κ3) is 6.66. The molecule has 1 atom stereocenters. The highest BCUT2D eigenvalue weighted by atomic mass is 16.5. The van der Waals surface area contributed by atoms with Crippen molar-refractivity contribution in [1.82, 2.24) is 10.2 Å². The van der Waals surface area contributed by atoms with Crippen LogP contribution in [0.3, 0.4) is 0 Å². The van der Waals surface area contributed by atoms with Crippen LogP contribution >= 0.6 is 0 Å². The molecule has 0 aliphatic carbocycles. The van der Waals surface area contributed by atoms with E-state index in [4.69, 9.17) is 4.74 Å². The van der Waals surface area contributed by atoms with Crippen molar-refractivity contribution >= 4 is 23.8 Å². The molecule has 23 heavy (non-hydrogen) atoms. The second kappa shape index (κ2) is 9.81. The molecule has 1 fully saturated rings. The van der Waals surface area contributed by atoms with Gasteiger partial charge in [-0.1, -0.05) is 13.3 Å². The first-order chi connectivity index (χ1) is 11.0. The molecule has 8 nitrogen and oxygen atoms in total. The van der Waals surface area contributed by atoms with Gasteiger partial charge < -0.3 is 24.9 Å². The Labute approximate surface area is 135 Å². The smallest absolute Gasteiger partial charge is 0.308 e. The molecule has 2 amide bonds. The largest absolute Gasteiger partial charge is 0.550 e. The van der Waals surface area contributed by atoms with Crippen molar-refractivity contribution in [3.8, 4) is 0 Å². The summed E-state index contributed by atoms with van der Waals surface area (Å²) in [6.45, 7) is 2.87. The Bertz CT molecular complexity index is 451. The lowest BCUT2D eigenvalue weighted by Crippen LogP contribution is -2.57. The van der Waals surface area contributed by atoms with Crippen molar-refractivity contribution < 1.29 is 29.0 Å². The van der Waals surface area contributed by atoms with E-state index in [9.17, 15) is 24.3 Å². The SMILES string of the molecule is CCCCOC(=O)C[C@@H]1C(=O)NCCN1C(=O)CCCC(=O)[O-]. The molecule has 0 aromatic carbocycles. The molecule has 1 rings (SSSR count). The number of carbonyl (C=O) groups is 4. The van der Waals surface area contributed by atoms with Crippen LogP contribution in [-0.4, -0.2) is 54.4 Å². The number of carboxylic acids is 1. The second-order valence-corrected chi connectivity index (χ2v) is 5.40. The number of ether oxygens (including phenoxy) is 1. The van der Waals surface area contributed by atoms with Gasteiger partial charge in [0.2, 0.25) is 11.8 Å². The van der Waals surface area contributed by atoms with Gasteiger partial charge in [-0.25, -0.2) is 0 Å². The van der Waals surface area contributed by atoms with Gasteiger partial charge in [-0.15, -0.1) is 0 Å². The first kappa shape index (κ1) is 18.9. The summed E-state index contributed by atoms with van der Waals surface area (Å²) < 4.78 is 5.03. The van der Waals surface area contributed by atoms with Crippen molar-refractivity contribution in [2.45, 2.75) is 51.5 Å². The highest BCUT2D eigenvalue weighted by Gasteiger charge is 2.34. The molecule has 1 saturated heterocycles. The van der Waals surface area contributed by atoms with Crippen molar-refractivity contribution in [3.05, 3.63) is 0 Å². The number of unbranched alkanes of at least 4 members (excludes halogenated alkanes) is 1. The summed E-state index contributed by atoms with van der Waals surface area (Å²) >= 11 is 0. The van der Waals surface area contributed by atoms with Crippen molar-refractivity contribution in [1.29, 1.82) is 0 Å². The first-order valence-corrected chi connectivity index (χ1v) is 7.88. The van der Waals surface area contributed by atoms with Crippen molar-refractivity contribution in [2.24, 2.45) is 0 Å². The molecular formula is C15H23N2O6-. The minimum absolute atomic E-state index is 0.00262. The lowest BCUT2D eigenvalue weighted by atomic mass is 10.1. The molecule has 0 aromatic rings. The Balaban J connectivity index is 2.56. The zero-order valence-corrected chi connectivity index (χ0v) is 13.3. The maximum Gasteiger partial charge on any atom is 0.308 e. The molecule has 8 heteroatoms. The summed E-state index contributed by atoms with van der Waals surface area (Å²) in [6, 6.07) is -0.895. The number of hydrogen-bond donors (Lipinski definition) is 1. The number of rotatable bonds is 9. The number of piperazine rings is 1. The topological polar surface area (TPSA) is 116 Å². The lowest BCUT2D eigenvalue weighted by molar-refractivity contribution is -0.305. The summed E-state index contributed by atoms with van der Waals surface area (Å²) in [7, 11) is 0. The van der Waals surface area contributed by atoms with Crippen LogP contribution in [0.4, 0.5) is 0 Å². The fourth-order valence-corrected chi connectivity index (χ4v) is 2.29. The molecule has 1 heterocycles. The van der Waals surface area contributed by atoms with Gasteiger partial charge in [0.15, 0.2) is 0 Å². The monoisotopic (exact) mass is 327 g/mol. The van der Waals surface area contributed by atoms with Crippen molar-refractivity contribution in [3.63, 3.8) is 0 Å². The molecule has 1 aliphatic rings. The summed E-state index contributed by atoms with van der Waals surface area (Å²) in [5, 5.41) is 13.0. The molecule has 0 aromatic heterocycles. The molecule has 0 radical (unpaired) electrons. The molecule has 0 bridgehead atoms. The maximum atomic E-state index is 12.2. The van der Waals surface area contributed by atoms with Gasteiger partial charge >= 0.3 is 5.97 Å². The quantitative estimate of drug-likeness (QED) is 0.427. The lowest BCUT2D eigenvalue weighted by Gasteiger charge is -2.34. The van der Waals surface area contributed by atoms with Gasteiger partial charge in [-0.2, -0.15) is 0 Å². The number of carbonyl (C=O) groups excluding carboxylic acids is 4. The molecule has 1 N–H and O–H groups in total. The Morgan fingerprint density at radius 2 is 2.04 bits per heavy atom. The molecule has 0 spiro atoms. The van der Waals surface area contributed by atoms with Gasteiger partial charge in [0.05, 0.1) is 13.0 Å². The number of nitrogens with zero attached hydrogens (tertiary/aromatic N) is 1. The molecular weight excluding hydrogens is 304 g/mol. The van der Waals surface area contributed by atoms with E-state index in [1.165, 1.54) is 4.90 Å². The van der Waals surface area contributed by atoms with E-state index >= 15 is 0 Å². The van der Waals surface area contributed by atoms with E-state index < -0.39 is 23.9 Å². The minimum atomic E-state index is -1.22. The minimum Gasteiger partial charge on any atom is -0.550 e. The van der Waals surface area contributed by atoms with E-state index in [1.807, 2.05) is 6.92 Å². The highest BCUT2D eigenvalue weighted by molar-refractivity contribution is 5.92. The fourth-order valence-electron chi connectivity index (χ4n) is 2.29. The molecule has 0 unspecified atom stereocenters. The van der Waals surface area contributed by atoms with Crippen LogP contribution < -0.4 is 10.4 Å². The highest BCUT2D eigenvalue weighted by Crippen LogP contribution is 2.13. The number of aliphatic carboxylic acids is 1. The van der Waals surface area contributed by atoms with E-state index in [1.54, 1.807) is 0 Å². The average molecular weight is 327 g/mol. The van der Waals surface area contributed by atoms with Crippen LogP contribution in [0.5, 0.6) is 0 Å². The van der Waals surface area contributed by atoms with Gasteiger partial charge in [0, 0.05) is 25.5 Å². The summed E-state index contributed by atoms with van der Waals surface area (Å²) in [5.41, 5.74) is 0. The third-order valence-electron chi connectivity index (χ3n) is 3.54. The number of carboxylic acid groups (broad SMARTS) is 1. The number of nitrogens with one attached hydrogen (secondary N) is 1. The van der Waals surface area contributed by atoms with Crippen LogP contribution in [0.1, 0.15) is 45.4 Å². The van der Waals surface area contributed by atoms with Crippen LogP contribution in [-0.2, 0) is 23.9 Å². The Kier molecular flexibility index (Phi) is 8.07. The number of esters is 1. The van der Waals surface area contributed by atoms with Gasteiger partial charge in [-0.3, -0.25) is 14.4 Å². The first-order valence-electron chi connectivity index (χ1n) is 7.88. The zero-order valence-electron chi connectivity index (χ0n) is 13.3. The molecule has 0 saturated carbocycles. The summed E-state index contributed by atoms with van der Waals surface area (Å²) in [4.78, 5) is 47.6. The van der Waals surface area contributed by atoms with Gasteiger partial charge in [0.25, 0.3) is 0 Å². The summed E-state index contributed by atoms with van der Waals surface area (Å²) in [5.74, 6) is -2.47. The predicted molar refractivity (Wildman–Crippen MR) is 77.9 cm³/mol. The Hall–Kier alpha value is -2.12. The maximum absolute atomic E-state index is 12.2. The molecule has 130 valence electrons. The summed E-state index contributed by atoms with van der Waals surface area (Å²) in [6.07, 6.45) is 1.38. The Morgan fingerprint density at radius 3 is 2.70 bits per heavy atom. The number of amides is 2. The van der Waals surface area contributed by atoms with Crippen LogP contribution in [0.15, 0.2) is 0 Å². The van der Waals surface area contributed by atoms with Crippen LogP contribution in [0.25, 0.3) is 0 Å². The second-order valence-electron chi connectivity index (χ2n) is 5.40. The zero-order chi connectivity index (χ0) is 17.2. The predicted octanol–water partition coefficient (Wildman–Crippen LogP) is -1.03. The van der Waals surface area contributed by atoms with Gasteiger partial charge in [0.1, 0.15) is 6.04 Å². The third-order valence-corrected chi connectivity index (χ3v) is 3.54. The standard InChI is InChI=1S/C15H24N2O6/c1-2-3-9-23-14(21)10-11-15(22)16-7-8-17(11)12(18)5-4-6-13(19)20/h11H,2-10H2,1H3,(H,16,22)(H,19,20)/p-1/t11-/m1/s1. The van der Waals surface area contributed by atoms with E-state index in [0.29, 0.717) is 19.7 Å². The van der Waals surface area contributed by atoms with Gasteiger partial charge in [-0.05, 0) is 19.3 Å². The Morgan fingerprint density at radius 1 is 1.30 bits per heavy atom. The van der Waals surface area contributed by atoms with Crippen LogP contribution in [0.2, 0.25) is 0 Å². The normalized spacial score (nSPS) is 17.5.